The summed E-state index contributed by atoms with van der Waals surface area (Å²) < 4.78 is 2.11. The summed E-state index contributed by atoms with van der Waals surface area (Å²) in [6.07, 6.45) is 2.77. The molecule has 4 nitrogen and oxygen atoms in total. The van der Waals surface area contributed by atoms with Gasteiger partial charge >= 0.3 is 0 Å². The van der Waals surface area contributed by atoms with E-state index in [-0.39, 0.29) is 5.91 Å². The number of aryl methyl sites for hydroxylation is 1. The molecule has 0 radical (unpaired) electrons. The minimum Gasteiger partial charge on any atom is -0.352 e. The van der Waals surface area contributed by atoms with E-state index >= 15 is 0 Å². The molecule has 0 saturated carbocycles. The third kappa shape index (κ3) is 2.42. The first kappa shape index (κ1) is 13.8. The Morgan fingerprint density at radius 2 is 2.11 bits per heavy atom. The van der Waals surface area contributed by atoms with Gasteiger partial charge in [0.05, 0.1) is 0 Å². The largest absolute Gasteiger partial charge is 0.352 e. The summed E-state index contributed by atoms with van der Waals surface area (Å²) in [7, 11) is 2.02. The van der Waals surface area contributed by atoms with E-state index in [0.29, 0.717) is 17.4 Å². The van der Waals surface area contributed by atoms with Gasteiger partial charge in [-0.05, 0) is 50.2 Å². The molecule has 1 fully saturated rings. The summed E-state index contributed by atoms with van der Waals surface area (Å²) in [5, 5.41) is 3.51. The number of carbonyl (C=O) groups excluding carboxylic acids is 1. The molecule has 0 spiro atoms. The predicted octanol–water partition coefficient (Wildman–Crippen LogP) is 2.11. The van der Waals surface area contributed by atoms with Crippen molar-refractivity contribution < 1.29 is 4.79 Å². The van der Waals surface area contributed by atoms with E-state index in [4.69, 9.17) is 12.2 Å². The fourth-order valence-electron chi connectivity index (χ4n) is 2.18. The molecule has 0 atom stereocenters. The molecule has 2 rings (SSSR count). The van der Waals surface area contributed by atoms with Crippen molar-refractivity contribution in [3.8, 4) is 0 Å². The van der Waals surface area contributed by atoms with E-state index in [1.807, 2.05) is 33.9 Å². The molecule has 1 aromatic rings. The summed E-state index contributed by atoms with van der Waals surface area (Å²) in [6.45, 7) is 6.78. The Morgan fingerprint density at radius 3 is 2.63 bits per heavy atom. The van der Waals surface area contributed by atoms with Crippen LogP contribution in [-0.4, -0.2) is 27.0 Å². The number of nitrogens with zero attached hydrogens (tertiary/aromatic N) is 2. The normalized spacial score (nSPS) is 17.5. The van der Waals surface area contributed by atoms with Gasteiger partial charge in [-0.25, -0.2) is 0 Å². The van der Waals surface area contributed by atoms with Gasteiger partial charge in [-0.3, -0.25) is 9.69 Å². The molecule has 1 aliphatic heterocycles. The lowest BCUT2D eigenvalue weighted by molar-refractivity contribution is -0.122. The van der Waals surface area contributed by atoms with E-state index in [2.05, 4.69) is 16.0 Å². The SMILES string of the molecule is CCCN1C(=O)C(=Cc2cc(C)n(C)c2C)NC1=S. The van der Waals surface area contributed by atoms with Crippen molar-refractivity contribution in [3.63, 3.8) is 0 Å². The minimum atomic E-state index is -0.0345. The third-order valence-corrected chi connectivity index (χ3v) is 3.85. The van der Waals surface area contributed by atoms with Crippen LogP contribution < -0.4 is 5.32 Å². The summed E-state index contributed by atoms with van der Waals surface area (Å²) in [5.41, 5.74) is 3.92. The maximum absolute atomic E-state index is 12.2. The molecule has 1 N–H and O–H groups in total. The number of aromatic nitrogens is 1. The van der Waals surface area contributed by atoms with Crippen LogP contribution in [0.25, 0.3) is 6.08 Å². The number of hydrogen-bond acceptors (Lipinski definition) is 2. The van der Waals surface area contributed by atoms with Gasteiger partial charge in [-0.2, -0.15) is 0 Å². The lowest BCUT2D eigenvalue weighted by Crippen LogP contribution is -2.31. The van der Waals surface area contributed by atoms with Gasteiger partial charge in [0, 0.05) is 25.0 Å². The Kier molecular flexibility index (Phi) is 3.75. The zero-order valence-electron chi connectivity index (χ0n) is 11.8. The third-order valence-electron chi connectivity index (χ3n) is 3.52. The highest BCUT2D eigenvalue weighted by molar-refractivity contribution is 7.80. The van der Waals surface area contributed by atoms with Crippen molar-refractivity contribution >= 4 is 29.3 Å². The number of thiocarbonyl (C=S) groups is 1. The molecule has 0 bridgehead atoms. The quantitative estimate of drug-likeness (QED) is 0.679. The monoisotopic (exact) mass is 277 g/mol. The van der Waals surface area contributed by atoms with Crippen LogP contribution in [0.2, 0.25) is 0 Å². The van der Waals surface area contributed by atoms with Crippen molar-refractivity contribution in [1.29, 1.82) is 0 Å². The number of nitrogens with one attached hydrogen (secondary N) is 1. The second kappa shape index (κ2) is 5.17. The van der Waals surface area contributed by atoms with Crippen molar-refractivity contribution in [2.75, 3.05) is 6.54 Å². The van der Waals surface area contributed by atoms with Gasteiger partial charge in [0.1, 0.15) is 5.70 Å². The van der Waals surface area contributed by atoms with E-state index in [1.54, 1.807) is 4.90 Å². The second-order valence-electron chi connectivity index (χ2n) is 4.83. The smallest absolute Gasteiger partial charge is 0.276 e. The molecule has 1 aliphatic rings. The van der Waals surface area contributed by atoms with Crippen LogP contribution in [0.3, 0.4) is 0 Å². The zero-order valence-corrected chi connectivity index (χ0v) is 12.6. The molecule has 1 saturated heterocycles. The highest BCUT2D eigenvalue weighted by Crippen LogP contribution is 2.19. The molecule has 0 aliphatic carbocycles. The fraction of sp³-hybridized carbons (Fsp3) is 0.429. The van der Waals surface area contributed by atoms with Crippen LogP contribution in [0.4, 0.5) is 0 Å². The van der Waals surface area contributed by atoms with E-state index in [9.17, 15) is 4.79 Å². The number of hydrogen-bond donors (Lipinski definition) is 1. The van der Waals surface area contributed by atoms with Crippen LogP contribution in [0.15, 0.2) is 11.8 Å². The maximum atomic E-state index is 12.2. The van der Waals surface area contributed by atoms with Crippen molar-refractivity contribution in [3.05, 3.63) is 28.7 Å². The molecule has 2 heterocycles. The number of carbonyl (C=O) groups is 1. The van der Waals surface area contributed by atoms with Gasteiger partial charge in [0.15, 0.2) is 5.11 Å². The minimum absolute atomic E-state index is 0.0345. The Morgan fingerprint density at radius 1 is 1.42 bits per heavy atom. The first-order valence-corrected chi connectivity index (χ1v) is 6.84. The molecular weight excluding hydrogens is 258 g/mol. The molecule has 0 aromatic carbocycles. The summed E-state index contributed by atoms with van der Waals surface area (Å²) >= 11 is 5.19. The topological polar surface area (TPSA) is 37.3 Å². The van der Waals surface area contributed by atoms with E-state index < -0.39 is 0 Å². The van der Waals surface area contributed by atoms with Gasteiger partial charge in [0.25, 0.3) is 5.91 Å². The van der Waals surface area contributed by atoms with Crippen LogP contribution in [0.5, 0.6) is 0 Å². The zero-order chi connectivity index (χ0) is 14.2. The van der Waals surface area contributed by atoms with Gasteiger partial charge < -0.3 is 9.88 Å². The van der Waals surface area contributed by atoms with E-state index in [0.717, 1.165) is 17.7 Å². The molecule has 5 heteroatoms. The highest BCUT2D eigenvalue weighted by Gasteiger charge is 2.29. The fourth-order valence-corrected chi connectivity index (χ4v) is 2.47. The molecule has 1 amide bonds. The average molecular weight is 277 g/mol. The number of amides is 1. The molecular formula is C14H19N3OS. The lowest BCUT2D eigenvalue weighted by atomic mass is 10.2. The summed E-state index contributed by atoms with van der Waals surface area (Å²) in [5.74, 6) is -0.0345. The van der Waals surface area contributed by atoms with Crippen LogP contribution >= 0.6 is 12.2 Å². The number of rotatable bonds is 3. The summed E-state index contributed by atoms with van der Waals surface area (Å²) in [6, 6.07) is 2.07. The first-order valence-electron chi connectivity index (χ1n) is 6.43. The molecule has 19 heavy (non-hydrogen) atoms. The van der Waals surface area contributed by atoms with E-state index in [1.165, 1.54) is 5.69 Å². The highest BCUT2D eigenvalue weighted by atomic mass is 32.1. The maximum Gasteiger partial charge on any atom is 0.276 e. The van der Waals surface area contributed by atoms with Crippen LogP contribution in [0.1, 0.15) is 30.3 Å². The molecule has 1 aromatic heterocycles. The van der Waals surface area contributed by atoms with Crippen LogP contribution in [0, 0.1) is 13.8 Å². The predicted molar refractivity (Wildman–Crippen MR) is 80.6 cm³/mol. The Labute approximate surface area is 119 Å². The van der Waals surface area contributed by atoms with Gasteiger partial charge in [0.2, 0.25) is 0 Å². The van der Waals surface area contributed by atoms with Crippen molar-refractivity contribution in [2.24, 2.45) is 7.05 Å². The Hall–Kier alpha value is -1.62. The molecule has 0 unspecified atom stereocenters. The first-order chi connectivity index (χ1) is 8.95. The van der Waals surface area contributed by atoms with Gasteiger partial charge in [-0.15, -0.1) is 0 Å². The second-order valence-corrected chi connectivity index (χ2v) is 5.22. The summed E-state index contributed by atoms with van der Waals surface area (Å²) in [4.78, 5) is 13.8. The average Bonchev–Trinajstić information content (AvgIpc) is 2.76. The molecule has 102 valence electrons. The standard InChI is InChI=1S/C14H19N3OS/c1-5-6-17-13(18)12(15-14(17)19)8-11-7-9(2)16(4)10(11)3/h7-8H,5-6H2,1-4H3,(H,15,19). The van der Waals surface area contributed by atoms with Gasteiger partial charge in [-0.1, -0.05) is 6.92 Å². The Bertz CT molecular complexity index is 571. The lowest BCUT2D eigenvalue weighted by Gasteiger charge is -2.11. The van der Waals surface area contributed by atoms with Crippen LogP contribution in [-0.2, 0) is 11.8 Å². The van der Waals surface area contributed by atoms with Crippen molar-refractivity contribution in [1.82, 2.24) is 14.8 Å². The Balaban J connectivity index is 2.32. The van der Waals surface area contributed by atoms with Crippen molar-refractivity contribution in [2.45, 2.75) is 27.2 Å².